The Bertz CT molecular complexity index is 405. The zero-order valence-corrected chi connectivity index (χ0v) is 11.3. The van der Waals surface area contributed by atoms with Crippen LogP contribution in [0.5, 0.6) is 5.88 Å². The highest BCUT2D eigenvalue weighted by atomic mass is 16.5. The van der Waals surface area contributed by atoms with Gasteiger partial charge in [0.2, 0.25) is 5.88 Å². The Balaban J connectivity index is 2.08. The summed E-state index contributed by atoms with van der Waals surface area (Å²) < 4.78 is 10.9. The maximum absolute atomic E-state index is 5.68. The van der Waals surface area contributed by atoms with Crippen molar-refractivity contribution in [1.29, 1.82) is 0 Å². The minimum atomic E-state index is 0.520. The van der Waals surface area contributed by atoms with Crippen LogP contribution >= 0.6 is 0 Å². The molecule has 0 bridgehead atoms. The quantitative estimate of drug-likeness (QED) is 0.752. The minimum absolute atomic E-state index is 0.520. The Kier molecular flexibility index (Phi) is 4.36. The van der Waals surface area contributed by atoms with Crippen LogP contribution in [0.15, 0.2) is 0 Å². The summed E-state index contributed by atoms with van der Waals surface area (Å²) in [5.41, 5.74) is 0.957. The summed E-state index contributed by atoms with van der Waals surface area (Å²) >= 11 is 0. The van der Waals surface area contributed by atoms with E-state index in [2.05, 4.69) is 15.3 Å². The summed E-state index contributed by atoms with van der Waals surface area (Å²) in [5, 5.41) is 3.10. The highest BCUT2D eigenvalue weighted by Crippen LogP contribution is 2.39. The zero-order chi connectivity index (χ0) is 13.0. The van der Waals surface area contributed by atoms with Crippen molar-refractivity contribution in [3.05, 3.63) is 11.4 Å². The molecule has 0 aromatic carbocycles. The molecule has 0 spiro atoms. The summed E-state index contributed by atoms with van der Waals surface area (Å²) in [7, 11) is 1.87. The molecule has 1 aromatic heterocycles. The Hall–Kier alpha value is -1.36. The number of hydrogen-bond acceptors (Lipinski definition) is 5. The Morgan fingerprint density at radius 2 is 2.06 bits per heavy atom. The van der Waals surface area contributed by atoms with Crippen molar-refractivity contribution in [3.8, 4) is 5.88 Å². The van der Waals surface area contributed by atoms with Gasteiger partial charge in [0.05, 0.1) is 12.2 Å². The molecule has 1 aromatic rings. The molecule has 2 rings (SSSR count). The van der Waals surface area contributed by atoms with Gasteiger partial charge in [0, 0.05) is 19.6 Å². The molecule has 1 fully saturated rings. The predicted octanol–water partition coefficient (Wildman–Crippen LogP) is 2.12. The number of anilines is 1. The molecule has 0 atom stereocenters. The van der Waals surface area contributed by atoms with Crippen LogP contribution in [0, 0.1) is 6.92 Å². The summed E-state index contributed by atoms with van der Waals surface area (Å²) in [6, 6.07) is 0. The Morgan fingerprint density at radius 3 is 2.67 bits per heavy atom. The second-order valence-electron chi connectivity index (χ2n) is 4.43. The van der Waals surface area contributed by atoms with Gasteiger partial charge in [-0.15, -0.1) is 0 Å². The van der Waals surface area contributed by atoms with Crippen molar-refractivity contribution in [2.45, 2.75) is 32.6 Å². The van der Waals surface area contributed by atoms with E-state index < -0.39 is 0 Å². The summed E-state index contributed by atoms with van der Waals surface area (Å²) in [4.78, 5) is 9.04. The van der Waals surface area contributed by atoms with Crippen LogP contribution in [0.1, 0.15) is 37.1 Å². The molecule has 1 N–H and O–H groups in total. The molecular weight excluding hydrogens is 230 g/mol. The molecule has 5 heteroatoms. The van der Waals surface area contributed by atoms with E-state index in [4.69, 9.17) is 9.47 Å². The van der Waals surface area contributed by atoms with E-state index in [-0.39, 0.29) is 0 Å². The van der Waals surface area contributed by atoms with E-state index in [9.17, 15) is 0 Å². The molecule has 0 saturated heterocycles. The van der Waals surface area contributed by atoms with Gasteiger partial charge in [-0.25, -0.2) is 4.98 Å². The topological polar surface area (TPSA) is 56.3 Å². The van der Waals surface area contributed by atoms with E-state index in [0.717, 1.165) is 17.2 Å². The van der Waals surface area contributed by atoms with Gasteiger partial charge in [-0.2, -0.15) is 4.98 Å². The molecule has 1 saturated carbocycles. The molecule has 0 amide bonds. The standard InChI is InChI=1S/C13H21N3O2/c1-4-17-7-8-18-13-9(2)11(14-3)15-12(16-13)10-5-6-10/h10H,4-8H2,1-3H3,(H,14,15,16). The molecular formula is C13H21N3O2. The number of nitrogens with one attached hydrogen (secondary N) is 1. The molecule has 0 unspecified atom stereocenters. The van der Waals surface area contributed by atoms with E-state index in [1.807, 2.05) is 20.9 Å². The molecule has 100 valence electrons. The average Bonchev–Trinajstić information content (AvgIpc) is 3.20. The van der Waals surface area contributed by atoms with Crippen LogP contribution in [-0.4, -0.2) is 36.8 Å². The van der Waals surface area contributed by atoms with Crippen molar-refractivity contribution in [1.82, 2.24) is 9.97 Å². The lowest BCUT2D eigenvalue weighted by Crippen LogP contribution is -2.11. The van der Waals surface area contributed by atoms with Crippen molar-refractivity contribution < 1.29 is 9.47 Å². The Morgan fingerprint density at radius 1 is 1.28 bits per heavy atom. The summed E-state index contributed by atoms with van der Waals surface area (Å²) in [5.74, 6) is 2.96. The lowest BCUT2D eigenvalue weighted by Gasteiger charge is -2.12. The largest absolute Gasteiger partial charge is 0.475 e. The van der Waals surface area contributed by atoms with Crippen molar-refractivity contribution in [3.63, 3.8) is 0 Å². The van der Waals surface area contributed by atoms with E-state index in [1.165, 1.54) is 12.8 Å². The minimum Gasteiger partial charge on any atom is -0.475 e. The van der Waals surface area contributed by atoms with Crippen LogP contribution in [0.4, 0.5) is 5.82 Å². The normalized spacial score (nSPS) is 14.6. The molecule has 5 nitrogen and oxygen atoms in total. The number of ether oxygens (including phenoxy) is 2. The highest BCUT2D eigenvalue weighted by Gasteiger charge is 2.28. The smallest absolute Gasteiger partial charge is 0.221 e. The second kappa shape index (κ2) is 6.00. The fourth-order valence-corrected chi connectivity index (χ4v) is 1.76. The van der Waals surface area contributed by atoms with Gasteiger partial charge >= 0.3 is 0 Å². The number of hydrogen-bond donors (Lipinski definition) is 1. The third kappa shape index (κ3) is 3.10. The Labute approximate surface area is 108 Å². The molecule has 1 aliphatic carbocycles. The lowest BCUT2D eigenvalue weighted by atomic mass is 10.3. The monoisotopic (exact) mass is 251 g/mol. The molecule has 0 radical (unpaired) electrons. The van der Waals surface area contributed by atoms with Gasteiger partial charge in [-0.05, 0) is 26.7 Å². The van der Waals surface area contributed by atoms with Crippen LogP contribution in [0.25, 0.3) is 0 Å². The van der Waals surface area contributed by atoms with Crippen molar-refractivity contribution >= 4 is 5.82 Å². The van der Waals surface area contributed by atoms with Crippen LogP contribution in [0.3, 0.4) is 0 Å². The first-order chi connectivity index (χ1) is 8.76. The van der Waals surface area contributed by atoms with Gasteiger partial charge in [0.25, 0.3) is 0 Å². The van der Waals surface area contributed by atoms with Gasteiger partial charge in [0.1, 0.15) is 18.2 Å². The maximum Gasteiger partial charge on any atom is 0.221 e. The van der Waals surface area contributed by atoms with Gasteiger partial charge in [0.15, 0.2) is 0 Å². The van der Waals surface area contributed by atoms with Crippen LogP contribution in [0.2, 0.25) is 0 Å². The maximum atomic E-state index is 5.68. The van der Waals surface area contributed by atoms with Crippen molar-refractivity contribution in [2.75, 3.05) is 32.2 Å². The molecule has 1 heterocycles. The number of nitrogens with zero attached hydrogens (tertiary/aromatic N) is 2. The first kappa shape index (κ1) is 13.1. The first-order valence-electron chi connectivity index (χ1n) is 6.53. The van der Waals surface area contributed by atoms with Crippen molar-refractivity contribution in [2.24, 2.45) is 0 Å². The predicted molar refractivity (Wildman–Crippen MR) is 70.3 cm³/mol. The lowest BCUT2D eigenvalue weighted by molar-refractivity contribution is 0.108. The molecule has 0 aliphatic heterocycles. The SMILES string of the molecule is CCOCCOc1nc(C2CC2)nc(NC)c1C. The molecule has 1 aliphatic rings. The highest BCUT2D eigenvalue weighted by molar-refractivity contribution is 5.48. The fourth-order valence-electron chi connectivity index (χ4n) is 1.76. The van der Waals surface area contributed by atoms with Gasteiger partial charge < -0.3 is 14.8 Å². The van der Waals surface area contributed by atoms with E-state index in [1.54, 1.807) is 0 Å². The zero-order valence-electron chi connectivity index (χ0n) is 11.3. The second-order valence-corrected chi connectivity index (χ2v) is 4.43. The summed E-state index contributed by atoms with van der Waals surface area (Å²) in [6.07, 6.45) is 2.37. The third-order valence-electron chi connectivity index (χ3n) is 2.97. The summed E-state index contributed by atoms with van der Waals surface area (Å²) in [6.45, 7) is 5.77. The fraction of sp³-hybridized carbons (Fsp3) is 0.692. The van der Waals surface area contributed by atoms with Gasteiger partial charge in [-0.3, -0.25) is 0 Å². The average molecular weight is 251 g/mol. The van der Waals surface area contributed by atoms with Crippen LogP contribution in [-0.2, 0) is 4.74 Å². The first-order valence-corrected chi connectivity index (χ1v) is 6.53. The van der Waals surface area contributed by atoms with E-state index in [0.29, 0.717) is 31.6 Å². The number of rotatable bonds is 7. The number of aromatic nitrogens is 2. The van der Waals surface area contributed by atoms with Crippen LogP contribution < -0.4 is 10.1 Å². The molecule has 18 heavy (non-hydrogen) atoms. The van der Waals surface area contributed by atoms with Gasteiger partial charge in [-0.1, -0.05) is 0 Å². The van der Waals surface area contributed by atoms with E-state index >= 15 is 0 Å². The third-order valence-corrected chi connectivity index (χ3v) is 2.97.